The Balaban J connectivity index is 1.83. The average molecular weight is 341 g/mol. The molecule has 0 spiro atoms. The average Bonchev–Trinajstić information content (AvgIpc) is 3.18. The van der Waals surface area contributed by atoms with Gasteiger partial charge in [0.1, 0.15) is 17.1 Å². The van der Waals surface area contributed by atoms with E-state index in [-0.39, 0.29) is 0 Å². The van der Waals surface area contributed by atoms with E-state index >= 15 is 0 Å². The Morgan fingerprint density at radius 1 is 1.12 bits per heavy atom. The fraction of sp³-hybridized carbons (Fsp3) is 0.118. The van der Waals surface area contributed by atoms with E-state index in [9.17, 15) is 0 Å². The monoisotopic (exact) mass is 340 g/mol. The quantitative estimate of drug-likeness (QED) is 0.563. The van der Waals surface area contributed by atoms with Gasteiger partial charge in [-0.25, -0.2) is 4.98 Å². The summed E-state index contributed by atoms with van der Waals surface area (Å²) in [6.45, 7) is 1.89. The predicted molar refractivity (Wildman–Crippen MR) is 90.2 cm³/mol. The zero-order valence-corrected chi connectivity index (χ0v) is 13.8. The summed E-state index contributed by atoms with van der Waals surface area (Å²) in [4.78, 5) is 4.50. The minimum Gasteiger partial charge on any atom is -0.497 e. The van der Waals surface area contributed by atoms with Crippen molar-refractivity contribution in [1.29, 1.82) is 0 Å². The summed E-state index contributed by atoms with van der Waals surface area (Å²) in [7, 11) is 1.61. The smallest absolute Gasteiger partial charge is 0.266 e. The van der Waals surface area contributed by atoms with Gasteiger partial charge in [-0.15, -0.1) is 10.2 Å². The van der Waals surface area contributed by atoms with Crippen LogP contribution >= 0.6 is 11.6 Å². The normalized spacial score (nSPS) is 11.1. The number of methoxy groups -OCH3 is 1. The largest absolute Gasteiger partial charge is 0.497 e. The van der Waals surface area contributed by atoms with E-state index in [1.165, 1.54) is 0 Å². The molecule has 6 nitrogen and oxygen atoms in total. The molecule has 0 aliphatic rings. The van der Waals surface area contributed by atoms with Crippen molar-refractivity contribution in [1.82, 2.24) is 19.6 Å². The number of nitrogens with zero attached hydrogens (tertiary/aromatic N) is 4. The number of rotatable bonds is 3. The summed E-state index contributed by atoms with van der Waals surface area (Å²) in [5.41, 5.74) is 3.08. The summed E-state index contributed by atoms with van der Waals surface area (Å²) in [6, 6.07) is 11.1. The molecule has 0 bridgehead atoms. The van der Waals surface area contributed by atoms with Gasteiger partial charge in [0.15, 0.2) is 0 Å². The summed E-state index contributed by atoms with van der Waals surface area (Å²) in [6.07, 6.45) is 1.78. The van der Waals surface area contributed by atoms with Crippen molar-refractivity contribution in [3.63, 3.8) is 0 Å². The first kappa shape index (κ1) is 14.7. The Bertz CT molecular complexity index is 1040. The highest BCUT2D eigenvalue weighted by molar-refractivity contribution is 6.30. The summed E-state index contributed by atoms with van der Waals surface area (Å²) >= 11 is 6.09. The number of ether oxygens (including phenoxy) is 1. The molecule has 0 unspecified atom stereocenters. The van der Waals surface area contributed by atoms with Gasteiger partial charge in [0, 0.05) is 11.8 Å². The van der Waals surface area contributed by atoms with Crippen LogP contribution in [0.5, 0.6) is 5.75 Å². The third-order valence-electron chi connectivity index (χ3n) is 3.70. The van der Waals surface area contributed by atoms with Crippen LogP contribution in [0.2, 0.25) is 5.02 Å². The van der Waals surface area contributed by atoms with Crippen LogP contribution in [0, 0.1) is 6.92 Å². The number of aryl methyl sites for hydroxylation is 1. The summed E-state index contributed by atoms with van der Waals surface area (Å²) < 4.78 is 12.9. The van der Waals surface area contributed by atoms with Crippen molar-refractivity contribution in [2.45, 2.75) is 6.92 Å². The van der Waals surface area contributed by atoms with E-state index in [1.54, 1.807) is 19.4 Å². The summed E-state index contributed by atoms with van der Waals surface area (Å²) in [5, 5.41) is 8.92. The molecule has 0 amide bonds. The number of hydrogen-bond donors (Lipinski definition) is 0. The lowest BCUT2D eigenvalue weighted by atomic mass is 10.2. The number of hydrogen-bond acceptors (Lipinski definition) is 5. The van der Waals surface area contributed by atoms with Crippen molar-refractivity contribution < 1.29 is 9.15 Å². The van der Waals surface area contributed by atoms with Gasteiger partial charge in [-0.3, -0.25) is 4.40 Å². The first-order valence-electron chi connectivity index (χ1n) is 7.28. The van der Waals surface area contributed by atoms with Crippen LogP contribution in [0.25, 0.3) is 28.7 Å². The highest BCUT2D eigenvalue weighted by Gasteiger charge is 2.18. The number of halogens is 1. The Morgan fingerprint density at radius 2 is 1.96 bits per heavy atom. The van der Waals surface area contributed by atoms with Crippen molar-refractivity contribution in [3.05, 3.63) is 53.3 Å². The van der Waals surface area contributed by atoms with Crippen LogP contribution < -0.4 is 4.74 Å². The first-order chi connectivity index (χ1) is 11.7. The third-order valence-corrected chi connectivity index (χ3v) is 3.92. The molecule has 3 heterocycles. The molecule has 0 fully saturated rings. The van der Waals surface area contributed by atoms with Gasteiger partial charge in [0.2, 0.25) is 5.89 Å². The molecule has 7 heteroatoms. The Morgan fingerprint density at radius 3 is 2.79 bits per heavy atom. The Labute approximate surface area is 142 Å². The number of imidazole rings is 1. The van der Waals surface area contributed by atoms with E-state index in [4.69, 9.17) is 20.8 Å². The van der Waals surface area contributed by atoms with Crippen LogP contribution in [-0.2, 0) is 0 Å². The fourth-order valence-corrected chi connectivity index (χ4v) is 2.75. The second-order valence-corrected chi connectivity index (χ2v) is 5.70. The van der Waals surface area contributed by atoms with E-state index in [1.807, 2.05) is 41.7 Å². The molecule has 120 valence electrons. The Kier molecular flexibility index (Phi) is 3.46. The van der Waals surface area contributed by atoms with Crippen LogP contribution in [0.1, 0.15) is 5.69 Å². The molecular formula is C17H13ClN4O2. The topological polar surface area (TPSA) is 65.5 Å². The highest BCUT2D eigenvalue weighted by atomic mass is 35.5. The molecular weight excluding hydrogens is 328 g/mol. The zero-order chi connectivity index (χ0) is 16.7. The first-order valence-corrected chi connectivity index (χ1v) is 7.66. The van der Waals surface area contributed by atoms with Crippen LogP contribution in [0.15, 0.2) is 47.0 Å². The second kappa shape index (κ2) is 5.65. The minimum atomic E-state index is 0.389. The van der Waals surface area contributed by atoms with Crippen molar-refractivity contribution >= 4 is 17.2 Å². The Hall–Kier alpha value is -2.86. The standard InChI is InChI=1S/C17H13ClN4O2/c1-10-15(22-9-12(18)6-7-14(22)19-10)17-21-20-16(24-17)11-4-3-5-13(8-11)23-2/h3-9H,1-2H3. The maximum atomic E-state index is 6.09. The van der Waals surface area contributed by atoms with Crippen molar-refractivity contribution in [3.8, 4) is 28.8 Å². The van der Waals surface area contributed by atoms with Crippen LogP contribution in [0.3, 0.4) is 0 Å². The third kappa shape index (κ3) is 2.41. The van der Waals surface area contributed by atoms with Gasteiger partial charge >= 0.3 is 0 Å². The molecule has 4 rings (SSSR count). The molecule has 0 N–H and O–H groups in total. The molecule has 3 aromatic heterocycles. The number of pyridine rings is 1. The van der Waals surface area contributed by atoms with Gasteiger partial charge in [-0.2, -0.15) is 0 Å². The lowest BCUT2D eigenvalue weighted by molar-refractivity contribution is 0.415. The van der Waals surface area contributed by atoms with Gasteiger partial charge in [0.25, 0.3) is 5.89 Å². The van der Waals surface area contributed by atoms with Gasteiger partial charge in [-0.05, 0) is 37.3 Å². The lowest BCUT2D eigenvalue weighted by Crippen LogP contribution is -1.89. The number of benzene rings is 1. The highest BCUT2D eigenvalue weighted by Crippen LogP contribution is 2.29. The van der Waals surface area contributed by atoms with Gasteiger partial charge in [-0.1, -0.05) is 17.7 Å². The maximum Gasteiger partial charge on any atom is 0.266 e. The predicted octanol–water partition coefficient (Wildman–Crippen LogP) is 4.02. The lowest BCUT2D eigenvalue weighted by Gasteiger charge is -2.00. The zero-order valence-electron chi connectivity index (χ0n) is 13.0. The van der Waals surface area contributed by atoms with E-state index < -0.39 is 0 Å². The summed E-state index contributed by atoms with van der Waals surface area (Å²) in [5.74, 6) is 1.53. The SMILES string of the molecule is COc1cccc(-c2nnc(-c3c(C)nc4ccc(Cl)cn34)o2)c1. The van der Waals surface area contributed by atoms with Crippen LogP contribution in [0.4, 0.5) is 0 Å². The minimum absolute atomic E-state index is 0.389. The second-order valence-electron chi connectivity index (χ2n) is 5.27. The molecule has 0 aliphatic carbocycles. The molecule has 0 aliphatic heterocycles. The van der Waals surface area contributed by atoms with Gasteiger partial charge in [0.05, 0.1) is 17.8 Å². The van der Waals surface area contributed by atoms with Crippen molar-refractivity contribution in [2.75, 3.05) is 7.11 Å². The molecule has 0 saturated heterocycles. The number of fused-ring (bicyclic) bond motifs is 1. The van der Waals surface area contributed by atoms with E-state index in [2.05, 4.69) is 15.2 Å². The maximum absolute atomic E-state index is 6.09. The van der Waals surface area contributed by atoms with Crippen molar-refractivity contribution in [2.24, 2.45) is 0 Å². The molecule has 1 aromatic carbocycles. The van der Waals surface area contributed by atoms with Crippen LogP contribution in [-0.4, -0.2) is 26.7 Å². The molecule has 0 saturated carbocycles. The molecule has 4 aromatic rings. The van der Waals surface area contributed by atoms with E-state index in [0.29, 0.717) is 16.8 Å². The fourth-order valence-electron chi connectivity index (χ4n) is 2.59. The van der Waals surface area contributed by atoms with Gasteiger partial charge < -0.3 is 9.15 Å². The molecule has 24 heavy (non-hydrogen) atoms. The number of aromatic nitrogens is 4. The molecule has 0 radical (unpaired) electrons. The van der Waals surface area contributed by atoms with E-state index in [0.717, 1.165) is 28.3 Å². The molecule has 0 atom stereocenters.